The molecule has 0 saturated carbocycles. The number of aromatic nitrogens is 2. The van der Waals surface area contributed by atoms with Gasteiger partial charge in [-0.3, -0.25) is 25.8 Å². The fourth-order valence-corrected chi connectivity index (χ4v) is 3.97. The van der Waals surface area contributed by atoms with Gasteiger partial charge in [-0.1, -0.05) is 36.4 Å². The number of fused-ring (bicyclic) bond motifs is 1. The van der Waals surface area contributed by atoms with Crippen LogP contribution in [0.3, 0.4) is 0 Å². The third-order valence-electron chi connectivity index (χ3n) is 5.86. The summed E-state index contributed by atoms with van der Waals surface area (Å²) in [6, 6.07) is 19.3. The standard InChI is InChI=1S/C27H23N3O4.CH6N2/c31-17-22-15-26(29-25-9-10-28-16-24(22)25)21-3-1-19(2-4-21)20-5-7-23(8-6-20)34-18-27(32)30-11-13-33-14-12-30;1-3-2/h1-10,15-17H,11-14,18H2;3H,2H2,1H3. The van der Waals surface area contributed by atoms with Gasteiger partial charge in [0, 0.05) is 42.0 Å². The Morgan fingerprint density at radius 1 is 1.05 bits per heavy atom. The summed E-state index contributed by atoms with van der Waals surface area (Å²) in [6.45, 7) is 2.39. The van der Waals surface area contributed by atoms with Crippen LogP contribution in [-0.2, 0) is 9.53 Å². The zero-order valence-electron chi connectivity index (χ0n) is 20.6. The lowest BCUT2D eigenvalue weighted by Gasteiger charge is -2.26. The zero-order chi connectivity index (χ0) is 26.0. The second-order valence-corrected chi connectivity index (χ2v) is 8.28. The van der Waals surface area contributed by atoms with Gasteiger partial charge in [-0.05, 0) is 42.4 Å². The third-order valence-corrected chi connectivity index (χ3v) is 5.86. The Bertz CT molecular complexity index is 1340. The number of aldehydes is 1. The number of carbonyl (C=O) groups is 2. The summed E-state index contributed by atoms with van der Waals surface area (Å²) in [6.07, 6.45) is 4.16. The van der Waals surface area contributed by atoms with Gasteiger partial charge >= 0.3 is 0 Å². The van der Waals surface area contributed by atoms with E-state index in [2.05, 4.69) is 21.2 Å². The molecule has 0 aliphatic carbocycles. The highest BCUT2D eigenvalue weighted by molar-refractivity contribution is 5.97. The lowest BCUT2D eigenvalue weighted by molar-refractivity contribution is -0.137. The Kier molecular flexibility index (Phi) is 8.88. The van der Waals surface area contributed by atoms with Crippen LogP contribution in [0, 0.1) is 0 Å². The lowest BCUT2D eigenvalue weighted by Crippen LogP contribution is -2.42. The molecule has 190 valence electrons. The molecule has 1 saturated heterocycles. The number of benzene rings is 2. The quantitative estimate of drug-likeness (QED) is 0.236. The van der Waals surface area contributed by atoms with Crippen LogP contribution >= 0.6 is 0 Å². The van der Waals surface area contributed by atoms with E-state index in [-0.39, 0.29) is 12.5 Å². The molecule has 0 bridgehead atoms. The predicted molar refractivity (Wildman–Crippen MR) is 142 cm³/mol. The molecule has 3 heterocycles. The van der Waals surface area contributed by atoms with Crippen LogP contribution in [0.5, 0.6) is 5.75 Å². The van der Waals surface area contributed by atoms with Crippen molar-refractivity contribution in [3.05, 3.63) is 78.6 Å². The molecule has 3 N–H and O–H groups in total. The number of ether oxygens (including phenoxy) is 2. The zero-order valence-corrected chi connectivity index (χ0v) is 20.6. The Morgan fingerprint density at radius 2 is 1.68 bits per heavy atom. The van der Waals surface area contributed by atoms with Crippen LogP contribution in [-0.4, -0.2) is 67.0 Å². The van der Waals surface area contributed by atoms with Crippen LogP contribution in [0.15, 0.2) is 73.1 Å². The van der Waals surface area contributed by atoms with Gasteiger partial charge in [-0.2, -0.15) is 0 Å². The predicted octanol–water partition coefficient (Wildman–Crippen LogP) is 3.09. The maximum absolute atomic E-state index is 12.2. The molecule has 1 amide bonds. The number of amides is 1. The Labute approximate surface area is 215 Å². The van der Waals surface area contributed by atoms with E-state index in [9.17, 15) is 9.59 Å². The van der Waals surface area contributed by atoms with Gasteiger partial charge in [-0.25, -0.2) is 4.98 Å². The van der Waals surface area contributed by atoms with Gasteiger partial charge in [0.1, 0.15) is 5.75 Å². The van der Waals surface area contributed by atoms with Gasteiger partial charge in [0.15, 0.2) is 12.9 Å². The normalized spacial score (nSPS) is 13.0. The monoisotopic (exact) mass is 499 g/mol. The summed E-state index contributed by atoms with van der Waals surface area (Å²) in [5.74, 6) is 5.22. The number of hydrogen-bond acceptors (Lipinski definition) is 8. The summed E-state index contributed by atoms with van der Waals surface area (Å²) < 4.78 is 10.9. The van der Waals surface area contributed by atoms with Crippen molar-refractivity contribution in [2.45, 2.75) is 0 Å². The molecular weight excluding hydrogens is 470 g/mol. The second kappa shape index (κ2) is 12.7. The number of carbonyl (C=O) groups excluding carboxylic acids is 2. The number of nitrogens with two attached hydrogens (primary N) is 1. The van der Waals surface area contributed by atoms with E-state index < -0.39 is 0 Å². The first-order valence-corrected chi connectivity index (χ1v) is 11.9. The summed E-state index contributed by atoms with van der Waals surface area (Å²) >= 11 is 0. The van der Waals surface area contributed by atoms with Crippen molar-refractivity contribution in [3.63, 3.8) is 0 Å². The number of hydrazine groups is 1. The Hall–Kier alpha value is -4.18. The highest BCUT2D eigenvalue weighted by Gasteiger charge is 2.17. The highest BCUT2D eigenvalue weighted by Crippen LogP contribution is 2.27. The molecule has 9 nitrogen and oxygen atoms in total. The molecule has 1 fully saturated rings. The molecule has 9 heteroatoms. The number of rotatable bonds is 6. The van der Waals surface area contributed by atoms with Crippen LogP contribution in [0.1, 0.15) is 10.4 Å². The van der Waals surface area contributed by atoms with Crippen LogP contribution in [0.2, 0.25) is 0 Å². The van der Waals surface area contributed by atoms with Crippen molar-refractivity contribution in [2.75, 3.05) is 40.0 Å². The summed E-state index contributed by atoms with van der Waals surface area (Å²) in [7, 11) is 1.65. The summed E-state index contributed by atoms with van der Waals surface area (Å²) in [4.78, 5) is 34.3. The minimum Gasteiger partial charge on any atom is -0.484 e. The van der Waals surface area contributed by atoms with E-state index in [1.165, 1.54) is 0 Å². The average molecular weight is 500 g/mol. The largest absolute Gasteiger partial charge is 0.484 e. The first-order chi connectivity index (χ1) is 18.1. The number of nitrogens with one attached hydrogen (secondary N) is 1. The minimum absolute atomic E-state index is 0.0195. The van der Waals surface area contributed by atoms with Crippen LogP contribution in [0.4, 0.5) is 0 Å². The Balaban J connectivity index is 0.00000102. The smallest absolute Gasteiger partial charge is 0.260 e. The van der Waals surface area contributed by atoms with Crippen LogP contribution in [0.25, 0.3) is 33.3 Å². The fraction of sp³-hybridized carbons (Fsp3) is 0.214. The van der Waals surface area contributed by atoms with Gasteiger partial charge in [0.25, 0.3) is 5.91 Å². The van der Waals surface area contributed by atoms with Gasteiger partial charge in [0.05, 0.1) is 24.4 Å². The summed E-state index contributed by atoms with van der Waals surface area (Å²) in [5.41, 5.74) is 7.29. The number of morpholine rings is 1. The number of hydrogen-bond donors (Lipinski definition) is 2. The van der Waals surface area contributed by atoms with E-state index in [0.29, 0.717) is 37.6 Å². The van der Waals surface area contributed by atoms with Crippen molar-refractivity contribution < 1.29 is 19.1 Å². The molecule has 2 aromatic heterocycles. The van der Waals surface area contributed by atoms with E-state index in [4.69, 9.17) is 9.47 Å². The van der Waals surface area contributed by atoms with E-state index in [0.717, 1.165) is 39.6 Å². The first kappa shape index (κ1) is 25.9. The van der Waals surface area contributed by atoms with Gasteiger partial charge < -0.3 is 14.4 Å². The van der Waals surface area contributed by atoms with Crippen molar-refractivity contribution in [3.8, 4) is 28.1 Å². The molecule has 1 aliphatic rings. The SMILES string of the molecule is CNN.O=Cc1cc(-c2ccc(-c3ccc(OCC(=O)N4CCOCC4)cc3)cc2)nc2ccncc12. The van der Waals surface area contributed by atoms with Gasteiger partial charge in [0.2, 0.25) is 0 Å². The van der Waals surface area contributed by atoms with E-state index in [1.807, 2.05) is 48.5 Å². The lowest BCUT2D eigenvalue weighted by atomic mass is 10.0. The molecule has 0 spiro atoms. The van der Waals surface area contributed by atoms with Crippen molar-refractivity contribution in [1.82, 2.24) is 20.3 Å². The number of pyridine rings is 2. The molecule has 4 aromatic rings. The number of nitrogens with zero attached hydrogens (tertiary/aromatic N) is 3. The first-order valence-electron chi connectivity index (χ1n) is 11.9. The maximum atomic E-state index is 12.2. The molecular formula is C28H29N5O4. The highest BCUT2D eigenvalue weighted by atomic mass is 16.5. The fourth-order valence-electron chi connectivity index (χ4n) is 3.97. The maximum Gasteiger partial charge on any atom is 0.260 e. The average Bonchev–Trinajstić information content (AvgIpc) is 2.96. The second-order valence-electron chi connectivity index (χ2n) is 8.28. The molecule has 5 rings (SSSR count). The molecule has 2 aromatic carbocycles. The minimum atomic E-state index is -0.0285. The topological polar surface area (TPSA) is 120 Å². The third kappa shape index (κ3) is 6.53. The molecule has 0 radical (unpaired) electrons. The van der Waals surface area contributed by atoms with Crippen LogP contribution < -0.4 is 16.0 Å². The summed E-state index contributed by atoms with van der Waals surface area (Å²) in [5, 5.41) is 0.742. The Morgan fingerprint density at radius 3 is 2.32 bits per heavy atom. The van der Waals surface area contributed by atoms with E-state index in [1.54, 1.807) is 36.5 Å². The van der Waals surface area contributed by atoms with Crippen molar-refractivity contribution in [2.24, 2.45) is 5.84 Å². The van der Waals surface area contributed by atoms with Crippen molar-refractivity contribution in [1.29, 1.82) is 0 Å². The molecule has 0 unspecified atom stereocenters. The molecule has 37 heavy (non-hydrogen) atoms. The molecule has 1 aliphatic heterocycles. The van der Waals surface area contributed by atoms with Gasteiger partial charge in [-0.15, -0.1) is 0 Å². The van der Waals surface area contributed by atoms with Crippen molar-refractivity contribution >= 4 is 23.1 Å². The molecule has 0 atom stereocenters. The van der Waals surface area contributed by atoms with E-state index >= 15 is 0 Å².